The van der Waals surface area contributed by atoms with E-state index in [2.05, 4.69) is 10.3 Å². The number of hydrogen-bond acceptors (Lipinski definition) is 6. The molecule has 2 aromatic rings. The van der Waals surface area contributed by atoms with Crippen molar-refractivity contribution in [2.75, 3.05) is 0 Å². The van der Waals surface area contributed by atoms with Gasteiger partial charge in [0.2, 0.25) is 5.91 Å². The number of carbonyl (C=O) groups excluding carboxylic acids is 2. The van der Waals surface area contributed by atoms with Crippen LogP contribution < -0.4 is 9.97 Å². The summed E-state index contributed by atoms with van der Waals surface area (Å²) in [7, 11) is -1.38. The number of aromatic nitrogens is 1. The molecule has 1 aromatic heterocycles. The molecule has 1 atom stereocenters. The minimum atomic E-state index is -1.38. The monoisotopic (exact) mass is 368 g/mol. The fraction of sp³-hybridized carbons (Fsp3) is 0.222. The molecule has 1 aliphatic rings. The molecule has 0 saturated heterocycles. The lowest BCUT2D eigenvalue weighted by molar-refractivity contribution is -0.121. The number of carbonyl (C=O) groups is 3. The first-order chi connectivity index (χ1) is 13.0. The highest BCUT2D eigenvalue weighted by molar-refractivity contribution is 6.47. The fourth-order valence-corrected chi connectivity index (χ4v) is 2.89. The molecular weight excluding hydrogens is 351 g/mol. The normalized spacial score (nSPS) is 15.4. The summed E-state index contributed by atoms with van der Waals surface area (Å²) in [6, 6.07) is 7.92. The van der Waals surface area contributed by atoms with Gasteiger partial charge in [0, 0.05) is 30.8 Å². The van der Waals surface area contributed by atoms with Crippen molar-refractivity contribution in [1.82, 2.24) is 10.3 Å². The topological polar surface area (TPSA) is 126 Å². The molecule has 0 saturated carbocycles. The van der Waals surface area contributed by atoms with E-state index in [0.29, 0.717) is 11.1 Å². The molecule has 0 aliphatic carbocycles. The van der Waals surface area contributed by atoms with Gasteiger partial charge in [0.25, 0.3) is 0 Å². The molecule has 27 heavy (non-hydrogen) atoms. The van der Waals surface area contributed by atoms with Gasteiger partial charge in [-0.2, -0.15) is 0 Å². The summed E-state index contributed by atoms with van der Waals surface area (Å²) in [6.45, 7) is 0. The SMILES string of the molecule is O=C(CCC(=O)c1cccnc1)NC1Cc2cccc(C(=O)O)c2OB1O. The zero-order valence-electron chi connectivity index (χ0n) is 14.3. The number of hydrogen-bond donors (Lipinski definition) is 3. The maximum Gasteiger partial charge on any atom is 0.547 e. The number of nitrogens with one attached hydrogen (secondary N) is 1. The Morgan fingerprint density at radius 3 is 2.74 bits per heavy atom. The first kappa shape index (κ1) is 18.6. The van der Waals surface area contributed by atoms with Gasteiger partial charge in [0.1, 0.15) is 5.75 Å². The zero-order valence-corrected chi connectivity index (χ0v) is 14.3. The summed E-state index contributed by atoms with van der Waals surface area (Å²) in [5.74, 6) is -2.39. The van der Waals surface area contributed by atoms with E-state index in [1.807, 2.05) is 0 Å². The number of rotatable bonds is 6. The number of pyridine rings is 1. The number of amides is 1. The van der Waals surface area contributed by atoms with E-state index in [9.17, 15) is 24.5 Å². The third-order valence-corrected chi connectivity index (χ3v) is 4.26. The zero-order chi connectivity index (χ0) is 19.4. The Bertz CT molecular complexity index is 873. The second-order valence-corrected chi connectivity index (χ2v) is 6.15. The molecule has 2 heterocycles. The molecular formula is C18H17BN2O6. The van der Waals surface area contributed by atoms with Gasteiger partial charge in [-0.1, -0.05) is 12.1 Å². The van der Waals surface area contributed by atoms with Gasteiger partial charge in [-0.25, -0.2) is 4.79 Å². The summed E-state index contributed by atoms with van der Waals surface area (Å²) >= 11 is 0. The summed E-state index contributed by atoms with van der Waals surface area (Å²) < 4.78 is 5.32. The molecule has 1 aromatic carbocycles. The average molecular weight is 368 g/mol. The van der Waals surface area contributed by atoms with E-state index < -0.39 is 24.9 Å². The molecule has 1 amide bonds. The lowest BCUT2D eigenvalue weighted by atomic mass is 9.72. The highest BCUT2D eigenvalue weighted by Gasteiger charge is 2.37. The third kappa shape index (κ3) is 4.32. The molecule has 0 spiro atoms. The number of aromatic carboxylic acids is 1. The predicted octanol–water partition coefficient (Wildman–Crippen LogP) is 0.882. The molecule has 0 fully saturated rings. The minimum Gasteiger partial charge on any atom is -0.534 e. The van der Waals surface area contributed by atoms with Crippen LogP contribution in [0, 0.1) is 0 Å². The number of fused-ring (bicyclic) bond motifs is 1. The Hall–Kier alpha value is -3.20. The van der Waals surface area contributed by atoms with Gasteiger partial charge in [0.15, 0.2) is 5.78 Å². The number of ketones is 1. The van der Waals surface area contributed by atoms with Gasteiger partial charge in [-0.3, -0.25) is 14.6 Å². The van der Waals surface area contributed by atoms with Crippen LogP contribution in [0.4, 0.5) is 0 Å². The Morgan fingerprint density at radius 1 is 1.22 bits per heavy atom. The van der Waals surface area contributed by atoms with Gasteiger partial charge >= 0.3 is 13.1 Å². The highest BCUT2D eigenvalue weighted by atomic mass is 16.5. The lowest BCUT2D eigenvalue weighted by Gasteiger charge is -2.28. The van der Waals surface area contributed by atoms with Gasteiger partial charge in [-0.05, 0) is 30.2 Å². The largest absolute Gasteiger partial charge is 0.547 e. The van der Waals surface area contributed by atoms with Crippen molar-refractivity contribution in [3.8, 4) is 5.75 Å². The lowest BCUT2D eigenvalue weighted by Crippen LogP contribution is -2.53. The molecule has 138 valence electrons. The molecule has 0 radical (unpaired) electrons. The Labute approximate surface area is 155 Å². The molecule has 3 N–H and O–H groups in total. The van der Waals surface area contributed by atoms with E-state index >= 15 is 0 Å². The van der Waals surface area contributed by atoms with Crippen LogP contribution in [0.2, 0.25) is 0 Å². The maximum atomic E-state index is 12.1. The molecule has 1 aliphatic heterocycles. The van der Waals surface area contributed by atoms with Crippen molar-refractivity contribution in [3.63, 3.8) is 0 Å². The van der Waals surface area contributed by atoms with Crippen LogP contribution in [0.25, 0.3) is 0 Å². The molecule has 0 bridgehead atoms. The number of para-hydroxylation sites is 1. The van der Waals surface area contributed by atoms with Crippen molar-refractivity contribution in [2.24, 2.45) is 0 Å². The van der Waals surface area contributed by atoms with Crippen LogP contribution in [0.3, 0.4) is 0 Å². The number of benzene rings is 1. The Morgan fingerprint density at radius 2 is 2.04 bits per heavy atom. The molecule has 9 heteroatoms. The van der Waals surface area contributed by atoms with Crippen molar-refractivity contribution >= 4 is 24.8 Å². The van der Waals surface area contributed by atoms with Crippen molar-refractivity contribution in [1.29, 1.82) is 0 Å². The van der Waals surface area contributed by atoms with E-state index in [1.54, 1.807) is 30.5 Å². The van der Waals surface area contributed by atoms with E-state index in [4.69, 9.17) is 4.65 Å². The van der Waals surface area contributed by atoms with Crippen molar-refractivity contribution in [3.05, 3.63) is 59.4 Å². The Balaban J connectivity index is 1.59. The van der Waals surface area contributed by atoms with Crippen LogP contribution in [0.1, 0.15) is 39.1 Å². The van der Waals surface area contributed by atoms with Crippen LogP contribution in [-0.2, 0) is 11.2 Å². The van der Waals surface area contributed by atoms with Gasteiger partial charge < -0.3 is 20.1 Å². The first-order valence-corrected chi connectivity index (χ1v) is 8.38. The van der Waals surface area contributed by atoms with Gasteiger partial charge in [-0.15, -0.1) is 0 Å². The number of nitrogens with zero attached hydrogens (tertiary/aromatic N) is 1. The summed E-state index contributed by atoms with van der Waals surface area (Å²) in [4.78, 5) is 39.3. The fourth-order valence-electron chi connectivity index (χ4n) is 2.89. The predicted molar refractivity (Wildman–Crippen MR) is 95.4 cm³/mol. The van der Waals surface area contributed by atoms with Crippen molar-refractivity contribution in [2.45, 2.75) is 25.2 Å². The summed E-state index contributed by atoms with van der Waals surface area (Å²) in [6.07, 6.45) is 3.19. The van der Waals surface area contributed by atoms with Crippen LogP contribution >= 0.6 is 0 Å². The summed E-state index contributed by atoms with van der Waals surface area (Å²) in [5, 5.41) is 21.9. The first-order valence-electron chi connectivity index (χ1n) is 8.38. The average Bonchev–Trinajstić information content (AvgIpc) is 2.66. The van der Waals surface area contributed by atoms with Crippen molar-refractivity contribution < 1.29 is 29.2 Å². The van der Waals surface area contributed by atoms with E-state index in [0.717, 1.165) is 0 Å². The van der Waals surface area contributed by atoms with E-state index in [1.165, 1.54) is 12.3 Å². The van der Waals surface area contributed by atoms with Crippen LogP contribution in [0.5, 0.6) is 5.75 Å². The third-order valence-electron chi connectivity index (χ3n) is 4.26. The molecule has 8 nitrogen and oxygen atoms in total. The second kappa shape index (κ2) is 8.00. The van der Waals surface area contributed by atoms with Gasteiger partial charge in [0.05, 0.1) is 11.5 Å². The number of Topliss-reactive ketones (excluding diaryl/α,β-unsaturated/α-hetero) is 1. The van der Waals surface area contributed by atoms with Crippen LogP contribution in [0.15, 0.2) is 42.7 Å². The molecule has 1 unspecified atom stereocenters. The molecule has 3 rings (SSSR count). The Kier molecular flexibility index (Phi) is 5.51. The minimum absolute atomic E-state index is 0.0148. The highest BCUT2D eigenvalue weighted by Crippen LogP contribution is 2.30. The summed E-state index contributed by atoms with van der Waals surface area (Å²) in [5.41, 5.74) is 0.969. The second-order valence-electron chi connectivity index (χ2n) is 6.15. The quantitative estimate of drug-likeness (QED) is 0.510. The number of carboxylic acids is 1. The number of carboxylic acid groups (broad SMARTS) is 1. The van der Waals surface area contributed by atoms with Crippen LogP contribution in [-0.4, -0.2) is 45.8 Å². The smallest absolute Gasteiger partial charge is 0.534 e. The van der Waals surface area contributed by atoms with E-state index in [-0.39, 0.29) is 36.4 Å². The maximum absolute atomic E-state index is 12.1. The standard InChI is InChI=1S/C18H17BN2O6/c22-14(12-4-2-8-20-10-12)6-7-16(23)21-15-9-11-3-1-5-13(18(24)25)17(11)27-19(15)26/h1-5,8,10,15,26H,6-7,9H2,(H,21,23)(H,24,25).